The van der Waals surface area contributed by atoms with Gasteiger partial charge in [0.25, 0.3) is 11.8 Å². The molecule has 1 heterocycles. The van der Waals surface area contributed by atoms with Gasteiger partial charge < -0.3 is 0 Å². The molecule has 3 N–H and O–H groups in total. The molecule has 0 radical (unpaired) electrons. The van der Waals surface area contributed by atoms with E-state index in [9.17, 15) is 22.8 Å². The quantitative estimate of drug-likeness (QED) is 0.445. The predicted octanol–water partition coefficient (Wildman–Crippen LogP) is 1.98. The highest BCUT2D eigenvalue weighted by atomic mass is 19.4. The zero-order chi connectivity index (χ0) is 18.4. The van der Waals surface area contributed by atoms with E-state index < -0.39 is 29.1 Å². The number of pyridine rings is 1. The van der Waals surface area contributed by atoms with Crippen molar-refractivity contribution in [2.75, 3.05) is 0 Å². The van der Waals surface area contributed by atoms with E-state index in [2.05, 4.69) is 10.1 Å². The average molecular weight is 352 g/mol. The number of carbonyl (C=O) groups excluding carboxylic acids is 2. The highest BCUT2D eigenvalue weighted by Crippen LogP contribution is 2.31. The van der Waals surface area contributed by atoms with Gasteiger partial charge in [0.15, 0.2) is 0 Å². The van der Waals surface area contributed by atoms with Gasteiger partial charge in [0.05, 0.1) is 28.6 Å². The van der Waals surface area contributed by atoms with E-state index in [1.165, 1.54) is 29.7 Å². The van der Waals surface area contributed by atoms with Crippen LogP contribution in [0.15, 0.2) is 47.7 Å². The van der Waals surface area contributed by atoms with Crippen molar-refractivity contribution < 1.29 is 28.0 Å². The number of benzene rings is 1. The van der Waals surface area contributed by atoms with E-state index in [1.807, 2.05) is 5.43 Å². The van der Waals surface area contributed by atoms with Gasteiger partial charge in [-0.15, -0.1) is 0 Å². The molecule has 0 atom stereocenters. The van der Waals surface area contributed by atoms with Crippen LogP contribution in [0.3, 0.4) is 0 Å². The Balaban J connectivity index is 2.08. The molecule has 2 amide bonds. The maximum Gasteiger partial charge on any atom is 0.417 e. The summed E-state index contributed by atoms with van der Waals surface area (Å²) in [6.07, 6.45) is -2.43. The lowest BCUT2D eigenvalue weighted by molar-refractivity contribution is -0.137. The van der Waals surface area contributed by atoms with Crippen molar-refractivity contribution in [2.45, 2.75) is 6.18 Å². The van der Waals surface area contributed by atoms with Crippen LogP contribution in [0.5, 0.6) is 0 Å². The highest BCUT2D eigenvalue weighted by Gasteiger charge is 2.34. The van der Waals surface area contributed by atoms with Crippen molar-refractivity contribution in [1.29, 1.82) is 0 Å². The standard InChI is InChI=1S/C15H11F3N4O3/c16-15(17,18)12-4-2-1-3-11(12)14(24)21-20-8-10-6-5-9(7-19-10)13(23)22-25/h1-8,25H,(H,21,24)(H,22,23)/b20-8+. The molecule has 0 aliphatic rings. The zero-order valence-electron chi connectivity index (χ0n) is 12.4. The van der Waals surface area contributed by atoms with E-state index in [0.29, 0.717) is 0 Å². The summed E-state index contributed by atoms with van der Waals surface area (Å²) < 4.78 is 38.5. The number of alkyl halides is 3. The Morgan fingerprint density at radius 2 is 1.84 bits per heavy atom. The number of aromatic nitrogens is 1. The molecular formula is C15H11F3N4O3. The normalized spacial score (nSPS) is 11.4. The van der Waals surface area contributed by atoms with Crippen LogP contribution in [0, 0.1) is 0 Å². The maximum atomic E-state index is 12.8. The fourth-order valence-corrected chi connectivity index (χ4v) is 1.83. The molecule has 0 spiro atoms. The SMILES string of the molecule is O=C(NO)c1ccc(/C=N/NC(=O)c2ccccc2C(F)(F)F)nc1. The van der Waals surface area contributed by atoms with Crippen LogP contribution < -0.4 is 10.9 Å². The molecule has 0 saturated heterocycles. The average Bonchev–Trinajstić information content (AvgIpc) is 2.60. The molecule has 0 saturated carbocycles. The van der Waals surface area contributed by atoms with Crippen LogP contribution in [0.4, 0.5) is 13.2 Å². The summed E-state index contributed by atoms with van der Waals surface area (Å²) >= 11 is 0. The number of hydroxylamine groups is 1. The first kappa shape index (κ1) is 18.1. The number of hydrazone groups is 1. The minimum Gasteiger partial charge on any atom is -0.288 e. The highest BCUT2D eigenvalue weighted by molar-refractivity contribution is 5.96. The first-order valence-corrected chi connectivity index (χ1v) is 6.73. The van der Waals surface area contributed by atoms with Gasteiger partial charge in [0.2, 0.25) is 0 Å². The molecule has 7 nitrogen and oxygen atoms in total. The molecule has 25 heavy (non-hydrogen) atoms. The second-order valence-electron chi connectivity index (χ2n) is 4.66. The minimum atomic E-state index is -4.66. The number of halogens is 3. The maximum absolute atomic E-state index is 12.8. The Labute approximate surface area is 139 Å². The van der Waals surface area contributed by atoms with Gasteiger partial charge in [-0.2, -0.15) is 18.3 Å². The van der Waals surface area contributed by atoms with Gasteiger partial charge in [-0.3, -0.25) is 19.8 Å². The molecule has 0 fully saturated rings. The van der Waals surface area contributed by atoms with Crippen LogP contribution in [-0.4, -0.2) is 28.2 Å². The van der Waals surface area contributed by atoms with Crippen LogP contribution in [-0.2, 0) is 6.18 Å². The van der Waals surface area contributed by atoms with E-state index >= 15 is 0 Å². The summed E-state index contributed by atoms with van der Waals surface area (Å²) in [6, 6.07) is 7.02. The molecule has 1 aromatic carbocycles. The molecule has 0 aliphatic heterocycles. The van der Waals surface area contributed by atoms with Crippen molar-refractivity contribution in [3.8, 4) is 0 Å². The summed E-state index contributed by atoms with van der Waals surface area (Å²) in [5.41, 5.74) is 2.10. The monoisotopic (exact) mass is 352 g/mol. The topological polar surface area (TPSA) is 104 Å². The Bertz CT molecular complexity index is 804. The first-order valence-electron chi connectivity index (χ1n) is 6.73. The van der Waals surface area contributed by atoms with E-state index in [-0.39, 0.29) is 11.3 Å². The molecule has 10 heteroatoms. The third kappa shape index (κ3) is 4.61. The molecule has 0 unspecified atom stereocenters. The number of amides is 2. The Morgan fingerprint density at radius 1 is 1.12 bits per heavy atom. The Hall–Kier alpha value is -3.27. The van der Waals surface area contributed by atoms with Gasteiger partial charge in [-0.05, 0) is 24.3 Å². The lowest BCUT2D eigenvalue weighted by Crippen LogP contribution is -2.22. The van der Waals surface area contributed by atoms with Gasteiger partial charge in [-0.25, -0.2) is 10.9 Å². The van der Waals surface area contributed by atoms with Crippen LogP contribution in [0.2, 0.25) is 0 Å². The number of carbonyl (C=O) groups is 2. The smallest absolute Gasteiger partial charge is 0.288 e. The zero-order valence-corrected chi connectivity index (χ0v) is 12.4. The first-order chi connectivity index (χ1) is 11.8. The molecular weight excluding hydrogens is 341 g/mol. The molecule has 130 valence electrons. The Morgan fingerprint density at radius 3 is 2.44 bits per heavy atom. The van der Waals surface area contributed by atoms with Crippen molar-refractivity contribution in [1.82, 2.24) is 15.9 Å². The van der Waals surface area contributed by atoms with Crippen LogP contribution >= 0.6 is 0 Å². The summed E-state index contributed by atoms with van der Waals surface area (Å²) in [5, 5.41) is 12.0. The van der Waals surface area contributed by atoms with Crippen molar-refractivity contribution in [3.63, 3.8) is 0 Å². The number of nitrogens with zero attached hydrogens (tertiary/aromatic N) is 2. The van der Waals surface area contributed by atoms with E-state index in [4.69, 9.17) is 5.21 Å². The second-order valence-corrected chi connectivity index (χ2v) is 4.66. The largest absolute Gasteiger partial charge is 0.417 e. The van der Waals surface area contributed by atoms with Gasteiger partial charge >= 0.3 is 6.18 Å². The number of nitrogens with one attached hydrogen (secondary N) is 2. The van der Waals surface area contributed by atoms with Crippen molar-refractivity contribution >= 4 is 18.0 Å². The predicted molar refractivity (Wildman–Crippen MR) is 80.0 cm³/mol. The van der Waals surface area contributed by atoms with E-state index in [0.717, 1.165) is 24.5 Å². The lowest BCUT2D eigenvalue weighted by Gasteiger charge is -2.10. The van der Waals surface area contributed by atoms with Crippen molar-refractivity contribution in [3.05, 3.63) is 65.0 Å². The molecule has 0 bridgehead atoms. The van der Waals surface area contributed by atoms with E-state index in [1.54, 1.807) is 0 Å². The van der Waals surface area contributed by atoms with Gasteiger partial charge in [-0.1, -0.05) is 12.1 Å². The van der Waals surface area contributed by atoms with Gasteiger partial charge in [0.1, 0.15) is 0 Å². The van der Waals surface area contributed by atoms with Crippen molar-refractivity contribution in [2.24, 2.45) is 5.10 Å². The summed E-state index contributed by atoms with van der Waals surface area (Å²) in [5.74, 6) is -1.78. The molecule has 0 aliphatic carbocycles. The molecule has 2 rings (SSSR count). The second kappa shape index (κ2) is 7.53. The third-order valence-electron chi connectivity index (χ3n) is 2.99. The number of hydrogen-bond donors (Lipinski definition) is 3. The number of rotatable bonds is 4. The van der Waals surface area contributed by atoms with Crippen LogP contribution in [0.25, 0.3) is 0 Å². The number of hydrogen-bond acceptors (Lipinski definition) is 5. The molecule has 1 aromatic heterocycles. The summed E-state index contributed by atoms with van der Waals surface area (Å²) in [4.78, 5) is 26.8. The third-order valence-corrected chi connectivity index (χ3v) is 2.99. The minimum absolute atomic E-state index is 0.0859. The van der Waals surface area contributed by atoms with Crippen LogP contribution in [0.1, 0.15) is 32.0 Å². The lowest BCUT2D eigenvalue weighted by atomic mass is 10.1. The van der Waals surface area contributed by atoms with Gasteiger partial charge in [0, 0.05) is 6.20 Å². The molecule has 2 aromatic rings. The Kier molecular flexibility index (Phi) is 5.45. The summed E-state index contributed by atoms with van der Waals surface area (Å²) in [7, 11) is 0. The summed E-state index contributed by atoms with van der Waals surface area (Å²) in [6.45, 7) is 0. The fraction of sp³-hybridized carbons (Fsp3) is 0.0667. The fourth-order valence-electron chi connectivity index (χ4n) is 1.83.